The highest BCUT2D eigenvalue weighted by atomic mass is 16.5. The molecule has 0 saturated carbocycles. The molecule has 27 heavy (non-hydrogen) atoms. The first-order valence-electron chi connectivity index (χ1n) is 8.67. The van der Waals surface area contributed by atoms with Crippen molar-refractivity contribution in [2.24, 2.45) is 0 Å². The Labute approximate surface area is 157 Å². The summed E-state index contributed by atoms with van der Waals surface area (Å²) in [6.07, 6.45) is 11.7. The van der Waals surface area contributed by atoms with Gasteiger partial charge >= 0.3 is 0 Å². The molecule has 0 spiro atoms. The Morgan fingerprint density at radius 2 is 2.15 bits per heavy atom. The molecule has 0 radical (unpaired) electrons. The number of aromatic nitrogens is 3. The molecular weight excluding hydrogens is 342 g/mol. The van der Waals surface area contributed by atoms with Crippen LogP contribution in [0.4, 0.5) is 5.82 Å². The highest BCUT2D eigenvalue weighted by molar-refractivity contribution is 5.76. The lowest BCUT2D eigenvalue weighted by Crippen LogP contribution is -2.09. The number of ether oxygens (including phenoxy) is 2. The third-order valence-electron chi connectivity index (χ3n) is 4.48. The molecule has 0 atom stereocenters. The van der Waals surface area contributed by atoms with Crippen molar-refractivity contribution in [3.05, 3.63) is 66.4 Å². The van der Waals surface area contributed by atoms with E-state index >= 15 is 0 Å². The van der Waals surface area contributed by atoms with E-state index in [4.69, 9.17) is 9.47 Å². The number of dihydropyridines is 1. The van der Waals surface area contributed by atoms with Gasteiger partial charge in [0.25, 0.3) is 0 Å². The second-order valence-electron chi connectivity index (χ2n) is 6.05. The van der Waals surface area contributed by atoms with E-state index in [1.54, 1.807) is 20.4 Å². The minimum Gasteiger partial charge on any atom is -0.497 e. The molecule has 1 aliphatic rings. The molecule has 0 aliphatic carbocycles. The molecule has 4 rings (SSSR count). The summed E-state index contributed by atoms with van der Waals surface area (Å²) in [6, 6.07) is 5.76. The van der Waals surface area contributed by atoms with Crippen molar-refractivity contribution in [1.29, 1.82) is 0 Å². The van der Waals surface area contributed by atoms with Crippen LogP contribution in [0.3, 0.4) is 0 Å². The lowest BCUT2D eigenvalue weighted by atomic mass is 10.1. The minimum atomic E-state index is 0.564. The number of hydrogen-bond donors (Lipinski definition) is 2. The van der Waals surface area contributed by atoms with Crippen LogP contribution in [-0.2, 0) is 6.54 Å². The maximum Gasteiger partial charge on any atom is 0.180 e. The number of imidazole rings is 1. The van der Waals surface area contributed by atoms with Gasteiger partial charge in [-0.15, -0.1) is 0 Å². The first kappa shape index (κ1) is 17.0. The van der Waals surface area contributed by atoms with E-state index in [-0.39, 0.29) is 0 Å². The Morgan fingerprint density at radius 3 is 2.93 bits per heavy atom. The van der Waals surface area contributed by atoms with Gasteiger partial charge in [-0.2, -0.15) is 0 Å². The van der Waals surface area contributed by atoms with Gasteiger partial charge in [-0.05, 0) is 30.0 Å². The summed E-state index contributed by atoms with van der Waals surface area (Å²) in [6.45, 7) is 1.38. The number of anilines is 1. The van der Waals surface area contributed by atoms with E-state index < -0.39 is 0 Å². The summed E-state index contributed by atoms with van der Waals surface area (Å²) < 4.78 is 12.8. The van der Waals surface area contributed by atoms with Crippen molar-refractivity contribution in [1.82, 2.24) is 19.7 Å². The highest BCUT2D eigenvalue weighted by Crippen LogP contribution is 2.26. The molecule has 3 aromatic rings. The van der Waals surface area contributed by atoms with Gasteiger partial charge in [0.1, 0.15) is 11.5 Å². The number of methoxy groups -OCH3 is 2. The van der Waals surface area contributed by atoms with Crippen LogP contribution in [0.5, 0.6) is 11.5 Å². The number of nitrogens with zero attached hydrogens (tertiary/aromatic N) is 3. The lowest BCUT2D eigenvalue weighted by molar-refractivity contribution is 0.391. The fourth-order valence-electron chi connectivity index (χ4n) is 3.08. The quantitative estimate of drug-likeness (QED) is 0.702. The molecule has 7 heteroatoms. The van der Waals surface area contributed by atoms with Crippen LogP contribution >= 0.6 is 0 Å². The number of allylic oxidation sites excluding steroid dienone is 2. The zero-order valence-electron chi connectivity index (χ0n) is 15.3. The maximum absolute atomic E-state index is 5.46. The van der Waals surface area contributed by atoms with E-state index in [0.29, 0.717) is 6.54 Å². The van der Waals surface area contributed by atoms with Crippen LogP contribution in [0.2, 0.25) is 0 Å². The minimum absolute atomic E-state index is 0.564. The molecule has 0 saturated heterocycles. The van der Waals surface area contributed by atoms with Crippen LogP contribution in [-0.4, -0.2) is 35.1 Å². The summed E-state index contributed by atoms with van der Waals surface area (Å²) in [7, 11) is 3.29. The van der Waals surface area contributed by atoms with Crippen LogP contribution in [0.25, 0.3) is 11.2 Å². The van der Waals surface area contributed by atoms with E-state index in [2.05, 4.69) is 26.7 Å². The Morgan fingerprint density at radius 1 is 1.22 bits per heavy atom. The fraction of sp³-hybridized carbons (Fsp3) is 0.200. The monoisotopic (exact) mass is 363 g/mol. The molecule has 1 aromatic carbocycles. The van der Waals surface area contributed by atoms with Crippen LogP contribution in [0.15, 0.2) is 55.1 Å². The number of nitrogens with one attached hydrogen (secondary N) is 2. The molecule has 0 bridgehead atoms. The van der Waals surface area contributed by atoms with E-state index in [1.165, 1.54) is 0 Å². The molecule has 1 aliphatic heterocycles. The first-order valence-corrected chi connectivity index (χ1v) is 8.67. The van der Waals surface area contributed by atoms with Crippen molar-refractivity contribution in [2.75, 3.05) is 26.1 Å². The third-order valence-corrected chi connectivity index (χ3v) is 4.48. The van der Waals surface area contributed by atoms with Gasteiger partial charge in [0.2, 0.25) is 0 Å². The molecular formula is C20H21N5O2. The number of hydrogen-bond acceptors (Lipinski definition) is 6. The standard InChI is InChI=1S/C20H21N5O2/c1-26-16-4-3-15(18(11-16)27-2)12-23-19-20-24-13-17(25(20)10-9-22-19)14-5-7-21-8-6-14/h3-7,9-11,13,21H,8,12H2,1-2H3,(H,22,23). The van der Waals surface area contributed by atoms with Crippen molar-refractivity contribution in [3.8, 4) is 11.5 Å². The number of fused-ring (bicyclic) bond motifs is 1. The Hall–Kier alpha value is -3.48. The maximum atomic E-state index is 5.46. The second kappa shape index (κ2) is 7.41. The Bertz CT molecular complexity index is 1020. The van der Waals surface area contributed by atoms with Gasteiger partial charge in [-0.3, -0.25) is 4.40 Å². The molecule has 2 N–H and O–H groups in total. The molecule has 0 unspecified atom stereocenters. The average Bonchev–Trinajstić information content (AvgIpc) is 3.17. The summed E-state index contributed by atoms with van der Waals surface area (Å²) in [5.74, 6) is 2.25. The SMILES string of the molecule is COc1ccc(CNc2nccn3c(C4=CCNC=C4)cnc23)c(OC)c1. The lowest BCUT2D eigenvalue weighted by Gasteiger charge is -2.12. The molecule has 7 nitrogen and oxygen atoms in total. The summed E-state index contributed by atoms with van der Waals surface area (Å²) in [4.78, 5) is 9.03. The number of rotatable bonds is 6. The second-order valence-corrected chi connectivity index (χ2v) is 6.05. The van der Waals surface area contributed by atoms with Crippen LogP contribution in [0.1, 0.15) is 11.3 Å². The highest BCUT2D eigenvalue weighted by Gasteiger charge is 2.12. The van der Waals surface area contributed by atoms with E-state index in [1.807, 2.05) is 47.3 Å². The van der Waals surface area contributed by atoms with Gasteiger partial charge in [0.15, 0.2) is 11.5 Å². The topological polar surface area (TPSA) is 72.7 Å². The van der Waals surface area contributed by atoms with Gasteiger partial charge in [0.05, 0.1) is 26.1 Å². The van der Waals surface area contributed by atoms with Gasteiger partial charge < -0.3 is 20.1 Å². The normalized spacial score (nSPS) is 13.2. The summed E-state index contributed by atoms with van der Waals surface area (Å²) in [5, 5.41) is 6.53. The van der Waals surface area contributed by atoms with E-state index in [0.717, 1.165) is 46.3 Å². The van der Waals surface area contributed by atoms with E-state index in [9.17, 15) is 0 Å². The zero-order valence-corrected chi connectivity index (χ0v) is 15.3. The van der Waals surface area contributed by atoms with Gasteiger partial charge in [-0.25, -0.2) is 9.97 Å². The first-order chi connectivity index (χ1) is 13.3. The molecule has 2 aromatic heterocycles. The predicted molar refractivity (Wildman–Crippen MR) is 105 cm³/mol. The fourth-order valence-corrected chi connectivity index (χ4v) is 3.08. The molecule has 3 heterocycles. The van der Waals surface area contributed by atoms with Gasteiger partial charge in [0, 0.05) is 37.1 Å². The zero-order chi connectivity index (χ0) is 18.6. The largest absolute Gasteiger partial charge is 0.497 e. The van der Waals surface area contributed by atoms with Crippen molar-refractivity contribution in [3.63, 3.8) is 0 Å². The Balaban J connectivity index is 1.61. The number of benzene rings is 1. The van der Waals surface area contributed by atoms with Crippen molar-refractivity contribution >= 4 is 17.0 Å². The van der Waals surface area contributed by atoms with Crippen LogP contribution in [0, 0.1) is 0 Å². The van der Waals surface area contributed by atoms with Crippen LogP contribution < -0.4 is 20.1 Å². The molecule has 138 valence electrons. The predicted octanol–water partition coefficient (Wildman–Crippen LogP) is 2.86. The molecule has 0 fully saturated rings. The smallest absolute Gasteiger partial charge is 0.180 e. The Kier molecular flexibility index (Phi) is 4.65. The van der Waals surface area contributed by atoms with Crippen molar-refractivity contribution < 1.29 is 9.47 Å². The summed E-state index contributed by atoms with van der Waals surface area (Å²) >= 11 is 0. The van der Waals surface area contributed by atoms with Crippen molar-refractivity contribution in [2.45, 2.75) is 6.54 Å². The summed E-state index contributed by atoms with van der Waals surface area (Å²) in [5.41, 5.74) is 3.97. The molecule has 0 amide bonds. The van der Waals surface area contributed by atoms with Gasteiger partial charge in [-0.1, -0.05) is 6.08 Å². The average molecular weight is 363 g/mol. The third kappa shape index (κ3) is 3.31.